The fourth-order valence-electron chi connectivity index (χ4n) is 3.48. The lowest BCUT2D eigenvalue weighted by Crippen LogP contribution is -2.13. The average Bonchev–Trinajstić information content (AvgIpc) is 2.92. The molecule has 3 rings (SSSR count). The number of rotatable bonds is 6. The molecular formula is C22H22ClO4P. The zero-order chi connectivity index (χ0) is 20.4. The summed E-state index contributed by atoms with van der Waals surface area (Å²) in [6.45, 7) is 5.49. The Bertz CT molecular complexity index is 992. The van der Waals surface area contributed by atoms with E-state index >= 15 is 0 Å². The van der Waals surface area contributed by atoms with Crippen LogP contribution < -0.4 is 0 Å². The lowest BCUT2D eigenvalue weighted by Gasteiger charge is -2.13. The van der Waals surface area contributed by atoms with Gasteiger partial charge in [0.1, 0.15) is 0 Å². The van der Waals surface area contributed by atoms with Gasteiger partial charge in [-0.15, -0.1) is 0 Å². The molecule has 0 saturated carbocycles. The lowest BCUT2D eigenvalue weighted by atomic mass is 9.88. The molecule has 2 aromatic rings. The van der Waals surface area contributed by atoms with Crippen molar-refractivity contribution in [2.45, 2.75) is 19.8 Å². The molecule has 1 aliphatic rings. The van der Waals surface area contributed by atoms with Gasteiger partial charge < -0.3 is 9.30 Å². The molecule has 2 aromatic carbocycles. The first kappa shape index (κ1) is 20.6. The summed E-state index contributed by atoms with van der Waals surface area (Å²) < 4.78 is 16.7. The Morgan fingerprint density at radius 3 is 2.43 bits per heavy atom. The van der Waals surface area contributed by atoms with Gasteiger partial charge in [-0.05, 0) is 61.5 Å². The maximum absolute atomic E-state index is 13.2. The summed E-state index contributed by atoms with van der Waals surface area (Å²) in [5, 5.41) is 0.561. The molecule has 0 fully saturated rings. The smallest absolute Gasteiger partial charge is 0.338 e. The monoisotopic (exact) mass is 416 g/mol. The van der Waals surface area contributed by atoms with Crippen LogP contribution in [0.5, 0.6) is 0 Å². The number of aryl methyl sites for hydroxylation is 1. The maximum atomic E-state index is 13.2. The second-order valence-corrected chi connectivity index (χ2v) is 9.38. The molecule has 28 heavy (non-hydrogen) atoms. The van der Waals surface area contributed by atoms with Crippen molar-refractivity contribution in [3.05, 3.63) is 75.3 Å². The SMILES string of the molecule is CC1=C(C(=O)OCC[PH](C)=O)c2cc(C)ccc2C1C(=O)c1ccc(Cl)cc1. The van der Waals surface area contributed by atoms with Gasteiger partial charge in [-0.25, -0.2) is 4.79 Å². The summed E-state index contributed by atoms with van der Waals surface area (Å²) in [7, 11) is -1.70. The van der Waals surface area contributed by atoms with Crippen molar-refractivity contribution in [3.63, 3.8) is 0 Å². The number of carbonyl (C=O) groups excluding carboxylic acids is 2. The van der Waals surface area contributed by atoms with Crippen molar-refractivity contribution in [3.8, 4) is 0 Å². The van der Waals surface area contributed by atoms with Crippen molar-refractivity contribution in [1.82, 2.24) is 0 Å². The van der Waals surface area contributed by atoms with Gasteiger partial charge in [0.15, 0.2) is 5.78 Å². The molecule has 0 spiro atoms. The van der Waals surface area contributed by atoms with Gasteiger partial charge in [-0.3, -0.25) is 4.79 Å². The van der Waals surface area contributed by atoms with Gasteiger partial charge in [-0.1, -0.05) is 35.4 Å². The van der Waals surface area contributed by atoms with E-state index in [0.717, 1.165) is 16.7 Å². The molecule has 0 aliphatic heterocycles. The van der Waals surface area contributed by atoms with Crippen molar-refractivity contribution in [1.29, 1.82) is 0 Å². The normalized spacial score (nSPS) is 16.6. The van der Waals surface area contributed by atoms with Crippen LogP contribution in [0, 0.1) is 6.92 Å². The van der Waals surface area contributed by atoms with Crippen molar-refractivity contribution >= 4 is 36.7 Å². The zero-order valence-corrected chi connectivity index (χ0v) is 17.8. The number of allylic oxidation sites excluding steroid dienone is 1. The Morgan fingerprint density at radius 2 is 1.79 bits per heavy atom. The van der Waals surface area contributed by atoms with Crippen LogP contribution in [0.3, 0.4) is 0 Å². The summed E-state index contributed by atoms with van der Waals surface area (Å²) in [6, 6.07) is 12.5. The molecule has 0 saturated heterocycles. The number of hydrogen-bond acceptors (Lipinski definition) is 4. The van der Waals surface area contributed by atoms with E-state index in [-0.39, 0.29) is 12.4 Å². The third-order valence-corrected chi connectivity index (χ3v) is 6.06. The quantitative estimate of drug-likeness (QED) is 0.372. The number of fused-ring (bicyclic) bond motifs is 1. The summed E-state index contributed by atoms with van der Waals surface area (Å²) in [5.41, 5.74) is 4.18. The molecule has 6 heteroatoms. The van der Waals surface area contributed by atoms with E-state index in [1.807, 2.05) is 25.1 Å². The second kappa shape index (κ2) is 8.46. The number of halogens is 1. The molecular weight excluding hydrogens is 395 g/mol. The molecule has 0 aromatic heterocycles. The number of hydrogen-bond donors (Lipinski definition) is 0. The third-order valence-electron chi connectivity index (χ3n) is 4.90. The topological polar surface area (TPSA) is 60.4 Å². The van der Waals surface area contributed by atoms with Gasteiger partial charge in [0.05, 0.1) is 25.9 Å². The molecule has 0 bridgehead atoms. The van der Waals surface area contributed by atoms with Crippen LogP contribution in [0.1, 0.15) is 39.9 Å². The minimum Gasteiger partial charge on any atom is -0.462 e. The zero-order valence-electron chi connectivity index (χ0n) is 16.0. The van der Waals surface area contributed by atoms with Gasteiger partial charge in [0.25, 0.3) is 0 Å². The molecule has 2 unspecified atom stereocenters. The Balaban J connectivity index is 2.00. The molecule has 0 radical (unpaired) electrons. The Hall–Kier alpha value is -2.16. The first-order valence-corrected chi connectivity index (χ1v) is 11.6. The highest BCUT2D eigenvalue weighted by molar-refractivity contribution is 7.43. The van der Waals surface area contributed by atoms with E-state index in [9.17, 15) is 14.2 Å². The van der Waals surface area contributed by atoms with E-state index in [4.69, 9.17) is 16.3 Å². The number of ether oxygens (including phenoxy) is 1. The highest BCUT2D eigenvalue weighted by Crippen LogP contribution is 2.44. The molecule has 0 amide bonds. The van der Waals surface area contributed by atoms with Gasteiger partial charge in [0.2, 0.25) is 0 Å². The Morgan fingerprint density at radius 1 is 1.11 bits per heavy atom. The second-order valence-electron chi connectivity index (χ2n) is 7.04. The first-order valence-electron chi connectivity index (χ1n) is 9.07. The number of carbonyl (C=O) groups is 2. The predicted octanol–water partition coefficient (Wildman–Crippen LogP) is 5.13. The fraction of sp³-hybridized carbons (Fsp3) is 0.273. The molecule has 1 aliphatic carbocycles. The highest BCUT2D eigenvalue weighted by atomic mass is 35.5. The molecule has 4 nitrogen and oxygen atoms in total. The van der Waals surface area contributed by atoms with Crippen LogP contribution in [-0.2, 0) is 14.1 Å². The summed E-state index contributed by atoms with van der Waals surface area (Å²) in [4.78, 5) is 26.0. The van der Waals surface area contributed by atoms with E-state index in [2.05, 4.69) is 0 Å². The summed E-state index contributed by atoms with van der Waals surface area (Å²) >= 11 is 5.94. The van der Waals surface area contributed by atoms with Crippen LogP contribution in [0.15, 0.2) is 48.0 Å². The first-order chi connectivity index (χ1) is 13.3. The van der Waals surface area contributed by atoms with Crippen molar-refractivity contribution < 1.29 is 18.9 Å². The molecule has 146 valence electrons. The number of ketones is 1. The molecule has 0 N–H and O–H groups in total. The Kier molecular flexibility index (Phi) is 6.22. The number of esters is 1. The third kappa shape index (κ3) is 4.14. The molecule has 0 heterocycles. The van der Waals surface area contributed by atoms with Gasteiger partial charge in [0, 0.05) is 16.7 Å². The van der Waals surface area contributed by atoms with Crippen LogP contribution in [0.4, 0.5) is 0 Å². The van der Waals surface area contributed by atoms with Gasteiger partial charge in [-0.2, -0.15) is 0 Å². The number of Topliss-reactive ketones (excluding diaryl/α,β-unsaturated/α-hetero) is 1. The van der Waals surface area contributed by atoms with Crippen molar-refractivity contribution in [2.75, 3.05) is 19.4 Å². The highest BCUT2D eigenvalue weighted by Gasteiger charge is 2.37. The summed E-state index contributed by atoms with van der Waals surface area (Å²) in [5.74, 6) is -1.09. The largest absolute Gasteiger partial charge is 0.462 e. The lowest BCUT2D eigenvalue weighted by molar-refractivity contribution is -0.136. The standard InChI is InChI=1S/C22H22ClO4P/c1-13-4-9-17-18(12-13)20(22(25)27-10-11-28(3)26)14(2)19(17)21(24)15-5-7-16(23)8-6-15/h4-9,12,19,28H,10-11H2,1-3H3. The van der Waals surface area contributed by atoms with E-state index in [1.54, 1.807) is 37.9 Å². The number of benzene rings is 2. The van der Waals surface area contributed by atoms with Crippen LogP contribution in [-0.4, -0.2) is 31.2 Å². The van der Waals surface area contributed by atoms with Gasteiger partial charge >= 0.3 is 5.97 Å². The minimum atomic E-state index is -1.70. The Labute approximate surface area is 170 Å². The molecule has 2 atom stereocenters. The summed E-state index contributed by atoms with van der Waals surface area (Å²) in [6.07, 6.45) is 0.358. The van der Waals surface area contributed by atoms with E-state index in [0.29, 0.717) is 27.9 Å². The van der Waals surface area contributed by atoms with E-state index < -0.39 is 19.7 Å². The van der Waals surface area contributed by atoms with Crippen LogP contribution in [0.2, 0.25) is 5.02 Å². The van der Waals surface area contributed by atoms with E-state index in [1.165, 1.54) is 0 Å². The fourth-order valence-corrected chi connectivity index (χ4v) is 3.99. The van der Waals surface area contributed by atoms with Crippen LogP contribution >= 0.6 is 19.4 Å². The predicted molar refractivity (Wildman–Crippen MR) is 113 cm³/mol. The maximum Gasteiger partial charge on any atom is 0.338 e. The minimum absolute atomic E-state index is 0.0827. The van der Waals surface area contributed by atoms with Crippen molar-refractivity contribution in [2.24, 2.45) is 0 Å². The van der Waals surface area contributed by atoms with Crippen LogP contribution in [0.25, 0.3) is 5.57 Å². The average molecular weight is 417 g/mol.